The number of amides is 1. The van der Waals surface area contributed by atoms with Crippen LogP contribution < -0.4 is 9.46 Å². The van der Waals surface area contributed by atoms with E-state index < -0.39 is 10.0 Å². The normalized spacial score (nSPS) is 15.2. The molecule has 7 nitrogen and oxygen atoms in total. The quantitative estimate of drug-likeness (QED) is 0.627. The second-order valence-electron chi connectivity index (χ2n) is 7.67. The maximum Gasteiger partial charge on any atom is 0.253 e. The van der Waals surface area contributed by atoms with Gasteiger partial charge in [0, 0.05) is 44.8 Å². The summed E-state index contributed by atoms with van der Waals surface area (Å²) in [5.74, 6) is 0.0549. The number of nitrogens with zero attached hydrogens (tertiary/aromatic N) is 2. The van der Waals surface area contributed by atoms with E-state index in [1.165, 1.54) is 18.7 Å². The van der Waals surface area contributed by atoms with Crippen LogP contribution >= 0.6 is 0 Å². The van der Waals surface area contributed by atoms with E-state index in [1.54, 1.807) is 17.0 Å². The summed E-state index contributed by atoms with van der Waals surface area (Å²) < 4.78 is 33.0. The molecule has 1 aliphatic rings. The summed E-state index contributed by atoms with van der Waals surface area (Å²) in [5.41, 5.74) is 1.51. The first-order chi connectivity index (χ1) is 15.4. The number of nitrogens with one attached hydrogen (secondary N) is 1. The van der Waals surface area contributed by atoms with E-state index in [0.29, 0.717) is 31.6 Å². The Morgan fingerprint density at radius 1 is 1.09 bits per heavy atom. The molecule has 1 saturated heterocycles. The third-order valence-corrected chi connectivity index (χ3v) is 6.86. The Balaban J connectivity index is 1.62. The van der Waals surface area contributed by atoms with Crippen molar-refractivity contribution in [3.05, 3.63) is 65.7 Å². The molecule has 0 unspecified atom stereocenters. The second kappa shape index (κ2) is 11.3. The molecule has 1 amide bonds. The Morgan fingerprint density at radius 2 is 1.81 bits per heavy atom. The predicted molar refractivity (Wildman–Crippen MR) is 126 cm³/mol. The van der Waals surface area contributed by atoms with E-state index in [1.807, 2.05) is 25.1 Å². The van der Waals surface area contributed by atoms with E-state index in [9.17, 15) is 13.2 Å². The molecule has 8 heteroatoms. The van der Waals surface area contributed by atoms with Gasteiger partial charge in [-0.25, -0.2) is 13.1 Å². The Kier molecular flexibility index (Phi) is 8.44. The van der Waals surface area contributed by atoms with Gasteiger partial charge in [0.25, 0.3) is 5.91 Å². The molecule has 1 N–H and O–H groups in total. The molecule has 0 atom stereocenters. The first-order valence-corrected chi connectivity index (χ1v) is 12.3. The molecule has 32 heavy (non-hydrogen) atoms. The molecule has 1 aliphatic heterocycles. The largest absolute Gasteiger partial charge is 0.495 e. The lowest BCUT2D eigenvalue weighted by Crippen LogP contribution is -2.48. The molecule has 1 fully saturated rings. The molecule has 2 aromatic carbocycles. The zero-order chi connectivity index (χ0) is 23.0. The van der Waals surface area contributed by atoms with Crippen molar-refractivity contribution in [2.45, 2.75) is 18.2 Å². The number of hydrogen-bond acceptors (Lipinski definition) is 5. The predicted octanol–water partition coefficient (Wildman–Crippen LogP) is 2.85. The van der Waals surface area contributed by atoms with Crippen LogP contribution in [-0.4, -0.2) is 70.5 Å². The zero-order valence-corrected chi connectivity index (χ0v) is 19.5. The fourth-order valence-electron chi connectivity index (χ4n) is 3.55. The average molecular weight is 458 g/mol. The van der Waals surface area contributed by atoms with Crippen LogP contribution in [0.1, 0.15) is 29.3 Å². The number of carbonyl (C=O) groups is 1. The molecule has 2 aromatic rings. The molecular formula is C24H31N3O4S. The second-order valence-corrected chi connectivity index (χ2v) is 9.40. The SMILES string of the molecule is CCCNS(=O)(=O)c1cc(C(=O)N2CCN(C/C=C/c3ccccc3)CC2)ccc1OC. The van der Waals surface area contributed by atoms with E-state index in [4.69, 9.17) is 4.74 Å². The van der Waals surface area contributed by atoms with Crippen molar-refractivity contribution in [1.29, 1.82) is 0 Å². The first-order valence-electron chi connectivity index (χ1n) is 10.9. The maximum atomic E-state index is 13.0. The van der Waals surface area contributed by atoms with Crippen LogP contribution in [0.25, 0.3) is 6.08 Å². The van der Waals surface area contributed by atoms with E-state index >= 15 is 0 Å². The monoisotopic (exact) mass is 457 g/mol. The third-order valence-electron chi connectivity index (χ3n) is 5.38. The highest BCUT2D eigenvalue weighted by Crippen LogP contribution is 2.25. The van der Waals surface area contributed by atoms with Gasteiger partial charge >= 0.3 is 0 Å². The van der Waals surface area contributed by atoms with Crippen molar-refractivity contribution in [2.24, 2.45) is 0 Å². The van der Waals surface area contributed by atoms with Gasteiger partial charge < -0.3 is 9.64 Å². The lowest BCUT2D eigenvalue weighted by atomic mass is 10.1. The number of piperazine rings is 1. The lowest BCUT2D eigenvalue weighted by molar-refractivity contribution is 0.0650. The lowest BCUT2D eigenvalue weighted by Gasteiger charge is -2.34. The van der Waals surface area contributed by atoms with Gasteiger partial charge in [-0.1, -0.05) is 49.4 Å². The average Bonchev–Trinajstić information content (AvgIpc) is 2.83. The van der Waals surface area contributed by atoms with Gasteiger partial charge in [-0.15, -0.1) is 0 Å². The van der Waals surface area contributed by atoms with E-state index in [2.05, 4.69) is 33.9 Å². The Morgan fingerprint density at radius 3 is 2.47 bits per heavy atom. The van der Waals surface area contributed by atoms with E-state index in [0.717, 1.165) is 19.6 Å². The minimum Gasteiger partial charge on any atom is -0.495 e. The van der Waals surface area contributed by atoms with Crippen molar-refractivity contribution < 1.29 is 17.9 Å². The summed E-state index contributed by atoms with van der Waals surface area (Å²) in [5, 5.41) is 0. The Labute approximate surface area is 190 Å². The summed E-state index contributed by atoms with van der Waals surface area (Å²) in [6.07, 6.45) is 4.91. The summed E-state index contributed by atoms with van der Waals surface area (Å²) in [6, 6.07) is 14.7. The number of carbonyl (C=O) groups excluding carboxylic acids is 1. The molecular weight excluding hydrogens is 426 g/mol. The summed E-state index contributed by atoms with van der Waals surface area (Å²) in [4.78, 5) is 17.1. The molecule has 0 spiro atoms. The smallest absolute Gasteiger partial charge is 0.253 e. The number of methoxy groups -OCH3 is 1. The van der Waals surface area contributed by atoms with Gasteiger partial charge in [-0.05, 0) is 30.2 Å². The minimum atomic E-state index is -3.76. The van der Waals surface area contributed by atoms with Crippen molar-refractivity contribution in [3.8, 4) is 5.75 Å². The van der Waals surface area contributed by atoms with Gasteiger partial charge in [0.1, 0.15) is 10.6 Å². The van der Waals surface area contributed by atoms with Gasteiger partial charge in [0.2, 0.25) is 10.0 Å². The summed E-state index contributed by atoms with van der Waals surface area (Å²) in [7, 11) is -2.34. The molecule has 0 radical (unpaired) electrons. The molecule has 0 aliphatic carbocycles. The number of sulfonamides is 1. The third kappa shape index (κ3) is 6.18. The number of benzene rings is 2. The fourth-order valence-corrected chi connectivity index (χ4v) is 4.88. The number of rotatable bonds is 9. The van der Waals surface area contributed by atoms with Crippen molar-refractivity contribution in [3.63, 3.8) is 0 Å². The number of ether oxygens (including phenoxy) is 1. The standard InChI is InChI=1S/C24H31N3O4S/c1-3-13-25-32(29,30)23-19-21(11-12-22(23)31-2)24(28)27-17-15-26(16-18-27)14-7-10-20-8-5-4-6-9-20/h4-12,19,25H,3,13-18H2,1-2H3/b10-7+. The minimum absolute atomic E-state index is 0.0102. The van der Waals surface area contributed by atoms with Gasteiger partial charge in [-0.2, -0.15) is 0 Å². The Hall–Kier alpha value is -2.68. The summed E-state index contributed by atoms with van der Waals surface area (Å²) >= 11 is 0. The Bertz CT molecular complexity index is 1030. The van der Waals surface area contributed by atoms with Crippen LogP contribution in [0.15, 0.2) is 59.5 Å². The summed E-state index contributed by atoms with van der Waals surface area (Å²) in [6.45, 7) is 5.76. The molecule has 172 valence electrons. The van der Waals surface area contributed by atoms with Gasteiger partial charge in [0.15, 0.2) is 0 Å². The van der Waals surface area contributed by atoms with Crippen LogP contribution in [0, 0.1) is 0 Å². The fraction of sp³-hybridized carbons (Fsp3) is 0.375. The topological polar surface area (TPSA) is 79.0 Å². The van der Waals surface area contributed by atoms with Gasteiger partial charge in [-0.3, -0.25) is 9.69 Å². The van der Waals surface area contributed by atoms with Crippen molar-refractivity contribution in [1.82, 2.24) is 14.5 Å². The highest BCUT2D eigenvalue weighted by atomic mass is 32.2. The van der Waals surface area contributed by atoms with Crippen LogP contribution in [0.3, 0.4) is 0 Å². The van der Waals surface area contributed by atoms with Crippen LogP contribution in [0.4, 0.5) is 0 Å². The molecule has 0 aromatic heterocycles. The van der Waals surface area contributed by atoms with Crippen molar-refractivity contribution in [2.75, 3.05) is 46.4 Å². The first kappa shape index (κ1) is 24.0. The van der Waals surface area contributed by atoms with Gasteiger partial charge in [0.05, 0.1) is 7.11 Å². The zero-order valence-electron chi connectivity index (χ0n) is 18.7. The highest BCUT2D eigenvalue weighted by Gasteiger charge is 2.25. The molecule has 0 saturated carbocycles. The molecule has 0 bridgehead atoms. The maximum absolute atomic E-state index is 13.0. The highest BCUT2D eigenvalue weighted by molar-refractivity contribution is 7.89. The number of hydrogen-bond donors (Lipinski definition) is 1. The molecule has 1 heterocycles. The van der Waals surface area contributed by atoms with Crippen LogP contribution in [-0.2, 0) is 10.0 Å². The van der Waals surface area contributed by atoms with E-state index in [-0.39, 0.29) is 16.6 Å². The van der Waals surface area contributed by atoms with Crippen molar-refractivity contribution >= 4 is 22.0 Å². The van der Waals surface area contributed by atoms with Crippen LogP contribution in [0.5, 0.6) is 5.75 Å². The van der Waals surface area contributed by atoms with Crippen LogP contribution in [0.2, 0.25) is 0 Å². The molecule has 3 rings (SSSR count).